The number of hydrogen-bond acceptors (Lipinski definition) is 2. The van der Waals surface area contributed by atoms with Crippen LogP contribution in [0, 0.1) is 0 Å². The van der Waals surface area contributed by atoms with E-state index in [0.717, 1.165) is 10.4 Å². The maximum absolute atomic E-state index is 6.30. The van der Waals surface area contributed by atoms with Crippen LogP contribution in [-0.2, 0) is 5.41 Å². The van der Waals surface area contributed by atoms with Gasteiger partial charge in [0, 0.05) is 19.8 Å². The van der Waals surface area contributed by atoms with Crippen LogP contribution in [0.1, 0.15) is 42.1 Å². The predicted molar refractivity (Wildman–Crippen MR) is 85.5 cm³/mol. The van der Waals surface area contributed by atoms with Crippen molar-refractivity contribution in [2.45, 2.75) is 32.2 Å². The van der Waals surface area contributed by atoms with E-state index in [4.69, 9.17) is 28.9 Å². The first-order chi connectivity index (χ1) is 8.77. The molecule has 0 fully saturated rings. The van der Waals surface area contributed by atoms with Gasteiger partial charge in [-0.25, -0.2) is 0 Å². The SMILES string of the molecule is CC(C)(C)c1ccc(C(N)c2cc(Cl)cc(Cl)c2)s1. The smallest absolute Gasteiger partial charge is 0.0647 e. The molecule has 2 aromatic rings. The zero-order valence-corrected chi connectivity index (χ0v) is 13.5. The van der Waals surface area contributed by atoms with Gasteiger partial charge >= 0.3 is 0 Å². The van der Waals surface area contributed by atoms with Gasteiger partial charge in [-0.1, -0.05) is 44.0 Å². The fourth-order valence-corrected chi connectivity index (χ4v) is 3.48. The van der Waals surface area contributed by atoms with Gasteiger partial charge in [0.1, 0.15) is 0 Å². The highest BCUT2D eigenvalue weighted by molar-refractivity contribution is 7.12. The van der Waals surface area contributed by atoms with Crippen molar-refractivity contribution in [2.75, 3.05) is 0 Å². The van der Waals surface area contributed by atoms with Gasteiger partial charge in [0.2, 0.25) is 0 Å². The number of nitrogens with two attached hydrogens (primary N) is 1. The highest BCUT2D eigenvalue weighted by atomic mass is 35.5. The Labute approximate surface area is 128 Å². The Morgan fingerprint density at radius 1 is 1.05 bits per heavy atom. The second-order valence-electron chi connectivity index (χ2n) is 5.63. The minimum absolute atomic E-state index is 0.147. The van der Waals surface area contributed by atoms with Gasteiger partial charge in [-0.3, -0.25) is 0 Å². The Hall–Kier alpha value is -0.540. The van der Waals surface area contributed by atoms with Crippen molar-refractivity contribution in [3.8, 4) is 0 Å². The molecule has 1 aromatic carbocycles. The third kappa shape index (κ3) is 3.51. The Morgan fingerprint density at radius 2 is 1.63 bits per heavy atom. The standard InChI is InChI=1S/C15H17Cl2NS/c1-15(2,3)13-5-4-12(19-13)14(18)9-6-10(16)8-11(17)7-9/h4-8,14H,18H2,1-3H3. The Kier molecular flexibility index (Phi) is 4.26. The molecule has 0 spiro atoms. The van der Waals surface area contributed by atoms with E-state index in [1.165, 1.54) is 4.88 Å². The lowest BCUT2D eigenvalue weighted by atomic mass is 9.95. The van der Waals surface area contributed by atoms with Gasteiger partial charge in [-0.2, -0.15) is 0 Å². The molecule has 1 nitrogen and oxygen atoms in total. The predicted octanol–water partition coefficient (Wildman–Crippen LogP) is 5.40. The van der Waals surface area contributed by atoms with E-state index >= 15 is 0 Å². The van der Waals surface area contributed by atoms with E-state index in [-0.39, 0.29) is 11.5 Å². The van der Waals surface area contributed by atoms with Crippen molar-refractivity contribution in [3.63, 3.8) is 0 Å². The average molecular weight is 314 g/mol. The maximum atomic E-state index is 6.30. The first kappa shape index (κ1) is 14.9. The normalized spacial score (nSPS) is 13.6. The lowest BCUT2D eigenvalue weighted by Crippen LogP contribution is -2.10. The Bertz CT molecular complexity index is 564. The number of rotatable bonds is 2. The third-order valence-corrected chi connectivity index (χ3v) is 4.95. The summed E-state index contributed by atoms with van der Waals surface area (Å²) in [5.74, 6) is 0. The summed E-state index contributed by atoms with van der Waals surface area (Å²) in [4.78, 5) is 2.45. The van der Waals surface area contributed by atoms with E-state index < -0.39 is 0 Å². The van der Waals surface area contributed by atoms with Crippen LogP contribution in [0.25, 0.3) is 0 Å². The molecule has 2 N–H and O–H groups in total. The van der Waals surface area contributed by atoms with E-state index in [0.29, 0.717) is 10.0 Å². The highest BCUT2D eigenvalue weighted by Gasteiger charge is 2.19. The third-order valence-electron chi connectivity index (χ3n) is 2.92. The summed E-state index contributed by atoms with van der Waals surface area (Å²) in [6, 6.07) is 9.51. The molecule has 0 bridgehead atoms. The van der Waals surface area contributed by atoms with Gasteiger partial charge in [-0.15, -0.1) is 11.3 Å². The second-order valence-corrected chi connectivity index (χ2v) is 7.62. The van der Waals surface area contributed by atoms with Crippen LogP contribution in [0.2, 0.25) is 10.0 Å². The van der Waals surface area contributed by atoms with E-state index in [1.807, 2.05) is 12.1 Å². The van der Waals surface area contributed by atoms with Gasteiger partial charge in [0.05, 0.1) is 6.04 Å². The first-order valence-electron chi connectivity index (χ1n) is 6.09. The number of benzene rings is 1. The molecule has 0 aliphatic heterocycles. The fourth-order valence-electron chi connectivity index (χ4n) is 1.84. The summed E-state index contributed by atoms with van der Waals surface area (Å²) in [6.45, 7) is 6.60. The Morgan fingerprint density at radius 3 is 2.11 bits per heavy atom. The minimum Gasteiger partial charge on any atom is -0.320 e. The number of thiophene rings is 1. The van der Waals surface area contributed by atoms with Gasteiger partial charge in [0.15, 0.2) is 0 Å². The van der Waals surface area contributed by atoms with Crippen molar-refractivity contribution >= 4 is 34.5 Å². The molecule has 2 rings (SSSR count). The van der Waals surface area contributed by atoms with Gasteiger partial charge in [0.25, 0.3) is 0 Å². The van der Waals surface area contributed by atoms with Crippen molar-refractivity contribution < 1.29 is 0 Å². The van der Waals surface area contributed by atoms with Crippen LogP contribution in [0.4, 0.5) is 0 Å². The molecular formula is C15H17Cl2NS. The van der Waals surface area contributed by atoms with Crippen molar-refractivity contribution in [3.05, 3.63) is 55.7 Å². The lowest BCUT2D eigenvalue weighted by molar-refractivity contribution is 0.604. The Balaban J connectivity index is 2.33. The molecule has 0 saturated heterocycles. The van der Waals surface area contributed by atoms with Crippen LogP contribution < -0.4 is 5.73 Å². The minimum atomic E-state index is -0.183. The van der Waals surface area contributed by atoms with Crippen LogP contribution >= 0.6 is 34.5 Å². The molecule has 102 valence electrons. The molecule has 1 heterocycles. The number of hydrogen-bond donors (Lipinski definition) is 1. The lowest BCUT2D eigenvalue weighted by Gasteiger charge is -2.16. The summed E-state index contributed by atoms with van der Waals surface area (Å²) in [6.07, 6.45) is 0. The van der Waals surface area contributed by atoms with Gasteiger partial charge < -0.3 is 5.73 Å². The zero-order chi connectivity index (χ0) is 14.2. The van der Waals surface area contributed by atoms with Crippen LogP contribution in [0.3, 0.4) is 0 Å². The highest BCUT2D eigenvalue weighted by Crippen LogP contribution is 2.34. The summed E-state index contributed by atoms with van der Waals surface area (Å²) >= 11 is 13.8. The van der Waals surface area contributed by atoms with E-state index in [9.17, 15) is 0 Å². The largest absolute Gasteiger partial charge is 0.320 e. The molecule has 0 aliphatic carbocycles. The van der Waals surface area contributed by atoms with E-state index in [2.05, 4.69) is 32.9 Å². The van der Waals surface area contributed by atoms with Crippen LogP contribution in [0.5, 0.6) is 0 Å². The van der Waals surface area contributed by atoms with Crippen molar-refractivity contribution in [2.24, 2.45) is 5.73 Å². The maximum Gasteiger partial charge on any atom is 0.0647 e. The monoisotopic (exact) mass is 313 g/mol. The molecule has 0 aliphatic rings. The molecule has 19 heavy (non-hydrogen) atoms. The molecule has 1 aromatic heterocycles. The van der Waals surface area contributed by atoms with E-state index in [1.54, 1.807) is 17.4 Å². The first-order valence-corrected chi connectivity index (χ1v) is 7.66. The van der Waals surface area contributed by atoms with Crippen LogP contribution in [-0.4, -0.2) is 0 Å². The molecule has 0 saturated carbocycles. The molecule has 1 unspecified atom stereocenters. The van der Waals surface area contributed by atoms with Crippen molar-refractivity contribution in [1.29, 1.82) is 0 Å². The fraction of sp³-hybridized carbons (Fsp3) is 0.333. The van der Waals surface area contributed by atoms with Crippen LogP contribution in [0.15, 0.2) is 30.3 Å². The average Bonchev–Trinajstić information content (AvgIpc) is 2.75. The molecular weight excluding hydrogens is 297 g/mol. The van der Waals surface area contributed by atoms with Crippen molar-refractivity contribution in [1.82, 2.24) is 0 Å². The molecule has 1 atom stereocenters. The molecule has 0 radical (unpaired) electrons. The second kappa shape index (κ2) is 5.45. The summed E-state index contributed by atoms with van der Waals surface area (Å²) in [7, 11) is 0. The van der Waals surface area contributed by atoms with Gasteiger partial charge in [-0.05, 0) is 41.3 Å². The summed E-state index contributed by atoms with van der Waals surface area (Å²) in [5, 5.41) is 1.23. The summed E-state index contributed by atoms with van der Waals surface area (Å²) in [5.41, 5.74) is 7.40. The zero-order valence-electron chi connectivity index (χ0n) is 11.2. The quantitative estimate of drug-likeness (QED) is 0.789. The topological polar surface area (TPSA) is 26.0 Å². The molecule has 4 heteroatoms. The number of halogens is 2. The molecule has 0 amide bonds. The summed E-state index contributed by atoms with van der Waals surface area (Å²) < 4.78 is 0.